The van der Waals surface area contributed by atoms with Gasteiger partial charge in [0.25, 0.3) is 0 Å². The molecule has 0 N–H and O–H groups in total. The molecule has 3 aliphatic rings. The third kappa shape index (κ3) is 5.54. The van der Waals surface area contributed by atoms with Crippen molar-refractivity contribution in [2.24, 2.45) is 0 Å². The highest BCUT2D eigenvalue weighted by Gasteiger charge is 2.35. The second kappa shape index (κ2) is 12.0. The molecule has 6 rings (SSSR count). The number of ether oxygens (including phenoxy) is 2. The van der Waals surface area contributed by atoms with Crippen molar-refractivity contribution in [1.29, 1.82) is 5.26 Å². The number of nitriles is 1. The van der Waals surface area contributed by atoms with Gasteiger partial charge in [-0.15, -0.1) is 0 Å². The number of likely N-dealkylation sites (tertiary alicyclic amines) is 1. The Balaban J connectivity index is 1.32. The number of hydrogen-bond acceptors (Lipinski definition) is 8. The Morgan fingerprint density at radius 3 is 2.81 bits per heavy atom. The summed E-state index contributed by atoms with van der Waals surface area (Å²) in [5.41, 5.74) is 2.84. The molecular formula is C32H35FN6O3. The van der Waals surface area contributed by atoms with Crippen molar-refractivity contribution in [2.75, 3.05) is 44.7 Å². The van der Waals surface area contributed by atoms with Crippen molar-refractivity contribution in [1.82, 2.24) is 19.8 Å². The maximum atomic E-state index is 14.0. The molecule has 42 heavy (non-hydrogen) atoms. The number of carbonyl (C=O) groups is 1. The van der Waals surface area contributed by atoms with Gasteiger partial charge in [0.2, 0.25) is 5.91 Å². The largest absolute Gasteiger partial charge is 0.462 e. The molecule has 4 heterocycles. The van der Waals surface area contributed by atoms with Gasteiger partial charge in [-0.2, -0.15) is 15.2 Å². The van der Waals surface area contributed by atoms with E-state index in [1.807, 2.05) is 30.1 Å². The fourth-order valence-corrected chi connectivity index (χ4v) is 6.40. The van der Waals surface area contributed by atoms with Crippen molar-refractivity contribution in [2.45, 2.75) is 50.2 Å². The second-order valence-corrected chi connectivity index (χ2v) is 11.3. The number of carbonyl (C=O) groups excluding carboxylic acids is 1. The van der Waals surface area contributed by atoms with E-state index < -0.39 is 6.17 Å². The van der Waals surface area contributed by atoms with E-state index in [4.69, 9.17) is 19.4 Å². The highest BCUT2D eigenvalue weighted by Crippen LogP contribution is 2.38. The number of fused-ring (bicyclic) bond motifs is 2. The third-order valence-electron chi connectivity index (χ3n) is 8.64. The molecule has 218 valence electrons. The minimum absolute atomic E-state index is 0.0525. The van der Waals surface area contributed by atoms with E-state index in [0.717, 1.165) is 27.6 Å². The quantitative estimate of drug-likeness (QED) is 0.394. The number of hydrogen-bond donors (Lipinski definition) is 0. The zero-order valence-corrected chi connectivity index (χ0v) is 23.8. The molecule has 1 amide bonds. The molecule has 0 bridgehead atoms. The number of aromatic nitrogens is 2. The first-order valence-electron chi connectivity index (χ1n) is 14.5. The topological polar surface area (TPSA) is 94.8 Å². The molecule has 0 spiro atoms. The van der Waals surface area contributed by atoms with Crippen LogP contribution >= 0.6 is 0 Å². The van der Waals surface area contributed by atoms with Crippen LogP contribution in [0.2, 0.25) is 0 Å². The Bertz CT molecular complexity index is 1520. The van der Waals surface area contributed by atoms with Crippen LogP contribution in [0.1, 0.15) is 35.8 Å². The fraction of sp³-hybridized carbons (Fsp3) is 0.438. The van der Waals surface area contributed by atoms with Gasteiger partial charge in [-0.25, -0.2) is 4.39 Å². The van der Waals surface area contributed by atoms with Gasteiger partial charge in [-0.05, 0) is 35.9 Å². The Hall–Kier alpha value is -4.07. The van der Waals surface area contributed by atoms with Gasteiger partial charge in [0.15, 0.2) is 0 Å². The van der Waals surface area contributed by atoms with Crippen molar-refractivity contribution < 1.29 is 18.7 Å². The Morgan fingerprint density at radius 1 is 1.19 bits per heavy atom. The fourth-order valence-electron chi connectivity index (χ4n) is 6.40. The number of piperazine rings is 1. The molecule has 4 atom stereocenters. The number of likely N-dealkylation sites (N-methyl/N-ethyl adjacent to an activating group) is 1. The van der Waals surface area contributed by atoms with Crippen LogP contribution in [0, 0.1) is 11.3 Å². The molecular weight excluding hydrogens is 535 g/mol. The molecule has 3 aliphatic heterocycles. The zero-order valence-electron chi connectivity index (χ0n) is 23.8. The summed E-state index contributed by atoms with van der Waals surface area (Å²) in [5.74, 6) is 0.514. The molecule has 0 saturated carbocycles. The second-order valence-electron chi connectivity index (χ2n) is 11.3. The van der Waals surface area contributed by atoms with Gasteiger partial charge in [-0.3, -0.25) is 9.69 Å². The van der Waals surface area contributed by atoms with E-state index in [2.05, 4.69) is 41.8 Å². The SMILES string of the molecule is C=CC(=O)N1CCN(c2nc(OC[C@@H]3C[C@@H](F)CN3C)nc3c2COC(c2cccc4ccccc24)C3)C[C@@H]1CC#N. The monoisotopic (exact) mass is 570 g/mol. The first-order chi connectivity index (χ1) is 20.4. The Labute approximate surface area is 245 Å². The van der Waals surface area contributed by atoms with E-state index in [9.17, 15) is 14.4 Å². The summed E-state index contributed by atoms with van der Waals surface area (Å²) < 4.78 is 26.6. The van der Waals surface area contributed by atoms with E-state index in [0.29, 0.717) is 51.4 Å². The van der Waals surface area contributed by atoms with E-state index in [1.54, 1.807) is 4.90 Å². The molecule has 10 heteroatoms. The van der Waals surface area contributed by atoms with Crippen molar-refractivity contribution in [3.8, 4) is 12.1 Å². The van der Waals surface area contributed by atoms with Crippen molar-refractivity contribution >= 4 is 22.5 Å². The molecule has 0 radical (unpaired) electrons. The van der Waals surface area contributed by atoms with Crippen LogP contribution in [0.15, 0.2) is 55.1 Å². The lowest BCUT2D eigenvalue weighted by Crippen LogP contribution is -2.55. The minimum Gasteiger partial charge on any atom is -0.462 e. The summed E-state index contributed by atoms with van der Waals surface area (Å²) in [6.45, 7) is 6.04. The molecule has 1 unspecified atom stereocenters. The molecule has 1 aromatic heterocycles. The summed E-state index contributed by atoms with van der Waals surface area (Å²) >= 11 is 0. The van der Waals surface area contributed by atoms with E-state index >= 15 is 0 Å². The maximum Gasteiger partial charge on any atom is 0.318 e. The first-order valence-corrected chi connectivity index (χ1v) is 14.5. The number of alkyl halides is 1. The van der Waals surface area contributed by atoms with Crippen LogP contribution in [0.3, 0.4) is 0 Å². The number of nitrogens with zero attached hydrogens (tertiary/aromatic N) is 6. The van der Waals surface area contributed by atoms with Crippen LogP contribution < -0.4 is 9.64 Å². The van der Waals surface area contributed by atoms with Crippen LogP contribution in [-0.2, 0) is 22.6 Å². The van der Waals surface area contributed by atoms with Crippen molar-refractivity contribution in [3.05, 3.63) is 71.9 Å². The van der Waals surface area contributed by atoms with E-state index in [-0.39, 0.29) is 43.1 Å². The van der Waals surface area contributed by atoms with E-state index in [1.165, 1.54) is 6.08 Å². The molecule has 3 aromatic rings. The summed E-state index contributed by atoms with van der Waals surface area (Å²) in [7, 11) is 1.90. The summed E-state index contributed by atoms with van der Waals surface area (Å²) in [4.78, 5) is 28.0. The van der Waals surface area contributed by atoms with Gasteiger partial charge in [0.05, 0.1) is 36.9 Å². The van der Waals surface area contributed by atoms with Crippen LogP contribution in [0.25, 0.3) is 10.8 Å². The number of anilines is 1. The number of benzene rings is 2. The highest BCUT2D eigenvalue weighted by molar-refractivity contribution is 5.87. The predicted octanol–water partition coefficient (Wildman–Crippen LogP) is 3.98. The molecule has 2 fully saturated rings. The number of amides is 1. The summed E-state index contributed by atoms with van der Waals surface area (Å²) in [6.07, 6.45) is 1.39. The van der Waals surface area contributed by atoms with Gasteiger partial charge < -0.3 is 19.3 Å². The van der Waals surface area contributed by atoms with Crippen molar-refractivity contribution in [3.63, 3.8) is 0 Å². The predicted molar refractivity (Wildman–Crippen MR) is 157 cm³/mol. The first kappa shape index (κ1) is 28.1. The minimum atomic E-state index is -0.867. The van der Waals surface area contributed by atoms with Crippen LogP contribution in [0.4, 0.5) is 10.2 Å². The zero-order chi connectivity index (χ0) is 29.2. The van der Waals surface area contributed by atoms with Gasteiger partial charge in [0, 0.05) is 44.2 Å². The van der Waals surface area contributed by atoms with Crippen LogP contribution in [0.5, 0.6) is 6.01 Å². The molecule has 2 aromatic carbocycles. The normalized spacial score (nSPS) is 24.3. The standard InChI is InChI=1S/C32H35FN6O3/c1-3-30(40)39-14-13-38(18-23(39)11-12-34)31-27-20-41-29(26-10-6-8-21-7-4-5-9-25(21)26)16-28(27)35-32(36-31)42-19-24-15-22(33)17-37(24)2/h3-10,22-24,29H,1,11,13-20H2,2H3/t22-,23+,24+,29?/m1/s1. The Morgan fingerprint density at radius 2 is 2.02 bits per heavy atom. The molecule has 9 nitrogen and oxygen atoms in total. The lowest BCUT2D eigenvalue weighted by molar-refractivity contribution is -0.128. The van der Waals surface area contributed by atoms with Gasteiger partial charge in [0.1, 0.15) is 18.6 Å². The molecule has 2 saturated heterocycles. The number of halogens is 1. The smallest absolute Gasteiger partial charge is 0.318 e. The van der Waals surface area contributed by atoms with Gasteiger partial charge >= 0.3 is 6.01 Å². The average molecular weight is 571 g/mol. The number of rotatable bonds is 7. The summed E-state index contributed by atoms with van der Waals surface area (Å²) in [6, 6.07) is 16.6. The average Bonchev–Trinajstić information content (AvgIpc) is 3.34. The lowest BCUT2D eigenvalue weighted by atomic mass is 9.94. The summed E-state index contributed by atoms with van der Waals surface area (Å²) in [5, 5.41) is 11.8. The van der Waals surface area contributed by atoms with Crippen LogP contribution in [-0.4, -0.2) is 83.8 Å². The van der Waals surface area contributed by atoms with Gasteiger partial charge in [-0.1, -0.05) is 49.0 Å². The Kier molecular flexibility index (Phi) is 8.05. The third-order valence-corrected chi connectivity index (χ3v) is 8.64. The highest BCUT2D eigenvalue weighted by atomic mass is 19.1. The maximum absolute atomic E-state index is 14.0. The molecule has 0 aliphatic carbocycles. The lowest BCUT2D eigenvalue weighted by Gasteiger charge is -2.41.